The van der Waals surface area contributed by atoms with Crippen molar-refractivity contribution in [2.75, 3.05) is 9.80 Å². The molecule has 372 valence electrons. The molecule has 0 unspecified atom stereocenters. The maximum Gasteiger partial charge on any atom is 0.0520 e. The molecule has 0 fully saturated rings. The summed E-state index contributed by atoms with van der Waals surface area (Å²) in [6.45, 7) is 13.7. The molecule has 4 heteroatoms. The number of benzene rings is 7. The van der Waals surface area contributed by atoms with Crippen molar-refractivity contribution < 1.29 is 0 Å². The third-order valence-electron chi connectivity index (χ3n) is 17.0. The summed E-state index contributed by atoms with van der Waals surface area (Å²) in [5.74, 6) is 0. The minimum absolute atomic E-state index is 0.169. The van der Waals surface area contributed by atoms with Crippen LogP contribution >= 0.6 is 31.9 Å². The van der Waals surface area contributed by atoms with Crippen LogP contribution < -0.4 is 9.80 Å². The summed E-state index contributed by atoms with van der Waals surface area (Å²) in [5.41, 5.74) is 30.4. The van der Waals surface area contributed by atoms with Crippen molar-refractivity contribution >= 4 is 60.3 Å². The molecule has 11 rings (SSSR count). The van der Waals surface area contributed by atoms with E-state index in [0.717, 1.165) is 43.0 Å². The van der Waals surface area contributed by atoms with Crippen molar-refractivity contribution in [2.24, 2.45) is 0 Å². The molecule has 0 amide bonds. The lowest BCUT2D eigenvalue weighted by atomic mass is 9.70. The van der Waals surface area contributed by atoms with E-state index in [4.69, 9.17) is 0 Å². The highest BCUT2D eigenvalue weighted by atomic mass is 79.9. The smallest absolute Gasteiger partial charge is 0.0520 e. The third kappa shape index (κ3) is 10.0. The van der Waals surface area contributed by atoms with E-state index in [0.29, 0.717) is 0 Å². The van der Waals surface area contributed by atoms with Gasteiger partial charge >= 0.3 is 0 Å². The Hall–Kier alpha value is -5.42. The molecule has 7 aromatic carbocycles. The van der Waals surface area contributed by atoms with Crippen LogP contribution in [0.1, 0.15) is 142 Å². The molecule has 2 nitrogen and oxygen atoms in total. The quantitative estimate of drug-likeness (QED) is 0.0790. The number of rotatable bonds is 18. The minimum atomic E-state index is -0.169. The zero-order chi connectivity index (χ0) is 50.4. The average Bonchev–Trinajstić information content (AvgIpc) is 3.61. The highest BCUT2D eigenvalue weighted by Gasteiger charge is 2.43. The van der Waals surface area contributed by atoms with Gasteiger partial charge in [-0.2, -0.15) is 0 Å². The molecule has 4 aliphatic rings. The van der Waals surface area contributed by atoms with E-state index < -0.39 is 0 Å². The van der Waals surface area contributed by atoms with Crippen LogP contribution in [-0.4, -0.2) is 0 Å². The zero-order valence-electron chi connectivity index (χ0n) is 44.2. The fraction of sp³-hybridized carbons (Fsp3) is 0.333. The lowest BCUT2D eigenvalue weighted by Gasteiger charge is -2.36. The Labute approximate surface area is 453 Å². The van der Waals surface area contributed by atoms with Crippen LogP contribution in [-0.2, 0) is 43.9 Å². The fourth-order valence-electron chi connectivity index (χ4n) is 13.4. The summed E-state index contributed by atoms with van der Waals surface area (Å²) in [4.78, 5) is 5.17. The number of hydrogen-bond donors (Lipinski definition) is 0. The molecule has 0 spiro atoms. The zero-order valence-corrected chi connectivity index (χ0v) is 47.3. The maximum atomic E-state index is 3.85. The van der Waals surface area contributed by atoms with Crippen LogP contribution in [0.3, 0.4) is 0 Å². The van der Waals surface area contributed by atoms with Gasteiger partial charge in [0.05, 0.1) is 11.4 Å². The molecule has 0 atom stereocenters. The lowest BCUT2D eigenvalue weighted by Crippen LogP contribution is -2.27. The van der Waals surface area contributed by atoms with Crippen LogP contribution in [0.5, 0.6) is 0 Å². The van der Waals surface area contributed by atoms with Gasteiger partial charge in [-0.1, -0.05) is 148 Å². The van der Waals surface area contributed by atoms with Crippen molar-refractivity contribution in [3.05, 3.63) is 226 Å². The summed E-state index contributed by atoms with van der Waals surface area (Å²) in [6.07, 6.45) is 23.4. The summed E-state index contributed by atoms with van der Waals surface area (Å²) >= 11 is 7.62. The van der Waals surface area contributed by atoms with Crippen LogP contribution in [0, 0.1) is 41.5 Å². The normalized spacial score (nSPS) is 14.8. The van der Waals surface area contributed by atoms with Gasteiger partial charge in [-0.15, -0.1) is 0 Å². The van der Waals surface area contributed by atoms with Crippen molar-refractivity contribution in [3.63, 3.8) is 0 Å². The van der Waals surface area contributed by atoms with E-state index in [1.165, 1.54) is 170 Å². The highest BCUT2D eigenvalue weighted by Crippen LogP contribution is 2.57. The second-order valence-corrected chi connectivity index (χ2v) is 24.2. The van der Waals surface area contributed by atoms with E-state index in [-0.39, 0.29) is 5.41 Å². The molecular formula is C69H72Br2N2. The van der Waals surface area contributed by atoms with Gasteiger partial charge in [-0.3, -0.25) is 0 Å². The number of fused-ring (bicyclic) bond motifs is 5. The number of aryl methyl sites for hydroxylation is 12. The van der Waals surface area contributed by atoms with E-state index in [2.05, 4.69) is 217 Å². The Kier molecular flexibility index (Phi) is 14.4. The predicted octanol–water partition coefficient (Wildman–Crippen LogP) is 19.9. The molecular weight excluding hydrogens is 1020 g/mol. The Morgan fingerprint density at radius 3 is 1.33 bits per heavy atom. The standard InChI is InChI=1S/C69H72Br2N2/c1-45-37-47(3)67(48(4)38-45)72(59-27-23-57(70)24-28-59)61-31-33-63-64-34-32-62(73(60-29-25-58(71)26-30-60)68-49(5)39-46(2)40-50(68)6)44-66(64)69(65(63)43-61,35-11-7-9-13-51-15-17-53-19-21-55(53)41-51)36-12-8-10-14-52-16-18-54-20-22-56(54)42-52/h15-18,23-25,27-29,31-34,37-44H,7-14,19-22,26,30,35-36H2,1-6H3. The molecule has 0 aliphatic heterocycles. The van der Waals surface area contributed by atoms with Gasteiger partial charge in [-0.05, 0) is 256 Å². The number of anilines is 5. The number of allylic oxidation sites excluding steroid dienone is 4. The van der Waals surface area contributed by atoms with Crippen LogP contribution in [0.4, 0.5) is 28.4 Å². The molecule has 0 bridgehead atoms. The summed E-state index contributed by atoms with van der Waals surface area (Å²) in [7, 11) is 0. The van der Waals surface area contributed by atoms with E-state index in [1.54, 1.807) is 22.3 Å². The van der Waals surface area contributed by atoms with E-state index >= 15 is 0 Å². The van der Waals surface area contributed by atoms with Gasteiger partial charge in [0.1, 0.15) is 0 Å². The SMILES string of the molecule is Cc1cc(C)c(N(C2=CC=C(Br)CC2)c2ccc3c(c2)C(CCCCCc2ccc4c(c2)CC4)(CCCCCc2ccc4c(c2)CC4)c2cc(N(c4ccc(Br)cc4)c4c(C)cc(C)cc4C)ccc2-3)c(C)c1. The fourth-order valence-corrected chi connectivity index (χ4v) is 14.0. The Bertz CT molecular complexity index is 3180. The first-order valence-corrected chi connectivity index (χ1v) is 29.1. The molecule has 0 saturated carbocycles. The third-order valence-corrected chi connectivity index (χ3v) is 18.2. The Balaban J connectivity index is 1.04. The number of nitrogens with zero attached hydrogens (tertiary/aromatic N) is 2. The van der Waals surface area contributed by atoms with Gasteiger partial charge in [0, 0.05) is 32.6 Å². The summed E-state index contributed by atoms with van der Waals surface area (Å²) in [6, 6.07) is 48.1. The topological polar surface area (TPSA) is 6.48 Å². The van der Waals surface area contributed by atoms with E-state index in [1.807, 2.05) is 0 Å². The van der Waals surface area contributed by atoms with Crippen LogP contribution in [0.2, 0.25) is 0 Å². The van der Waals surface area contributed by atoms with Gasteiger partial charge in [-0.25, -0.2) is 0 Å². The second-order valence-electron chi connectivity index (χ2n) is 22.3. The molecule has 7 aromatic rings. The first-order chi connectivity index (χ1) is 35.4. The first-order valence-electron chi connectivity index (χ1n) is 27.5. The molecule has 0 saturated heterocycles. The predicted molar refractivity (Wildman–Crippen MR) is 318 cm³/mol. The lowest BCUT2D eigenvalue weighted by molar-refractivity contribution is 0.402. The van der Waals surface area contributed by atoms with Gasteiger partial charge in [0.2, 0.25) is 0 Å². The molecule has 0 radical (unpaired) electrons. The molecule has 4 aliphatic carbocycles. The van der Waals surface area contributed by atoms with Crippen molar-refractivity contribution in [1.82, 2.24) is 0 Å². The first kappa shape index (κ1) is 49.8. The minimum Gasteiger partial charge on any atom is -0.314 e. The van der Waals surface area contributed by atoms with Crippen molar-refractivity contribution in [1.29, 1.82) is 0 Å². The van der Waals surface area contributed by atoms with E-state index in [9.17, 15) is 0 Å². The summed E-state index contributed by atoms with van der Waals surface area (Å²) in [5, 5.41) is 0. The molecule has 73 heavy (non-hydrogen) atoms. The van der Waals surface area contributed by atoms with Gasteiger partial charge in [0.15, 0.2) is 0 Å². The maximum absolute atomic E-state index is 3.85. The number of halogens is 2. The highest BCUT2D eigenvalue weighted by molar-refractivity contribution is 9.11. The monoisotopic (exact) mass is 1090 g/mol. The van der Waals surface area contributed by atoms with Gasteiger partial charge in [0.25, 0.3) is 0 Å². The summed E-state index contributed by atoms with van der Waals surface area (Å²) < 4.78 is 2.36. The van der Waals surface area contributed by atoms with Crippen LogP contribution in [0.25, 0.3) is 11.1 Å². The van der Waals surface area contributed by atoms with Crippen molar-refractivity contribution in [2.45, 2.75) is 150 Å². The number of unbranched alkanes of at least 4 members (excludes halogenated alkanes) is 4. The number of hydrogen-bond acceptors (Lipinski definition) is 2. The van der Waals surface area contributed by atoms with Gasteiger partial charge < -0.3 is 9.80 Å². The Morgan fingerprint density at radius 1 is 0.411 bits per heavy atom. The average molecular weight is 1090 g/mol. The van der Waals surface area contributed by atoms with Crippen molar-refractivity contribution in [3.8, 4) is 11.1 Å². The molecule has 0 heterocycles. The molecule has 0 aromatic heterocycles. The van der Waals surface area contributed by atoms with Crippen LogP contribution in [0.15, 0.2) is 148 Å². The Morgan fingerprint density at radius 2 is 0.877 bits per heavy atom. The second kappa shape index (κ2) is 21.1. The largest absolute Gasteiger partial charge is 0.314 e. The molecule has 0 N–H and O–H groups in total.